The standard InChI is InChI=1S/C12H17N3O6/c1-21-5-4-15-11(20)12(10(14)19)3-2-6(9(13)18)7(16)8(12)17/h2-3,8,16-17H,4-5H2,1H3,(H2,13,18)(H2,14,19)(H,15,20). The molecular weight excluding hydrogens is 282 g/mol. The molecule has 21 heavy (non-hydrogen) atoms. The van der Waals surface area contributed by atoms with Gasteiger partial charge in [-0.05, 0) is 6.08 Å². The monoisotopic (exact) mass is 299 g/mol. The Bertz CT molecular complexity index is 527. The third-order valence-corrected chi connectivity index (χ3v) is 3.12. The SMILES string of the molecule is COCCNC(=O)C1(C(N)=O)C=CC(C(N)=O)=C(O)C1O. The van der Waals surface area contributed by atoms with Crippen molar-refractivity contribution in [3.8, 4) is 0 Å². The van der Waals surface area contributed by atoms with E-state index in [2.05, 4.69) is 5.32 Å². The van der Waals surface area contributed by atoms with Crippen LogP contribution in [-0.4, -0.2) is 54.3 Å². The smallest absolute Gasteiger partial charge is 0.252 e. The Balaban J connectivity index is 3.15. The van der Waals surface area contributed by atoms with Gasteiger partial charge >= 0.3 is 0 Å². The minimum atomic E-state index is -2.23. The van der Waals surface area contributed by atoms with Gasteiger partial charge in [-0.25, -0.2) is 0 Å². The van der Waals surface area contributed by atoms with Crippen LogP contribution in [0.1, 0.15) is 0 Å². The lowest BCUT2D eigenvalue weighted by Gasteiger charge is -2.33. The zero-order valence-corrected chi connectivity index (χ0v) is 11.3. The van der Waals surface area contributed by atoms with Crippen LogP contribution in [0.25, 0.3) is 0 Å². The number of amides is 3. The predicted molar refractivity (Wildman–Crippen MR) is 70.5 cm³/mol. The third kappa shape index (κ3) is 2.88. The first-order chi connectivity index (χ1) is 9.78. The fourth-order valence-corrected chi connectivity index (χ4v) is 1.90. The molecular formula is C12H17N3O6. The molecule has 2 atom stereocenters. The van der Waals surface area contributed by atoms with Crippen LogP contribution in [0.4, 0.5) is 0 Å². The van der Waals surface area contributed by atoms with E-state index in [1.54, 1.807) is 0 Å². The second-order valence-corrected chi connectivity index (χ2v) is 4.38. The predicted octanol–water partition coefficient (Wildman–Crippen LogP) is -2.55. The summed E-state index contributed by atoms with van der Waals surface area (Å²) < 4.78 is 4.74. The van der Waals surface area contributed by atoms with Crippen LogP contribution < -0.4 is 16.8 Å². The summed E-state index contributed by atoms with van der Waals surface area (Å²) >= 11 is 0. The molecule has 1 rings (SSSR count). The number of aliphatic hydroxyl groups is 2. The molecule has 0 fully saturated rings. The summed E-state index contributed by atoms with van der Waals surface area (Å²) in [5.74, 6) is -4.01. The zero-order valence-electron chi connectivity index (χ0n) is 11.3. The summed E-state index contributed by atoms with van der Waals surface area (Å²) in [5.41, 5.74) is 7.57. The highest BCUT2D eigenvalue weighted by Crippen LogP contribution is 2.34. The minimum absolute atomic E-state index is 0.0675. The van der Waals surface area contributed by atoms with E-state index in [9.17, 15) is 24.6 Å². The van der Waals surface area contributed by atoms with E-state index in [-0.39, 0.29) is 13.2 Å². The molecule has 0 aliphatic heterocycles. The van der Waals surface area contributed by atoms with Crippen LogP contribution in [0.2, 0.25) is 0 Å². The topological polar surface area (TPSA) is 165 Å². The van der Waals surface area contributed by atoms with E-state index in [0.717, 1.165) is 12.2 Å². The van der Waals surface area contributed by atoms with Crippen LogP contribution >= 0.6 is 0 Å². The molecule has 2 unspecified atom stereocenters. The van der Waals surface area contributed by atoms with Gasteiger partial charge in [-0.1, -0.05) is 6.08 Å². The number of nitrogens with one attached hydrogen (secondary N) is 1. The van der Waals surface area contributed by atoms with Crippen molar-refractivity contribution in [2.24, 2.45) is 16.9 Å². The van der Waals surface area contributed by atoms with Gasteiger partial charge in [0.15, 0.2) is 5.41 Å². The van der Waals surface area contributed by atoms with Gasteiger partial charge < -0.3 is 31.7 Å². The summed E-state index contributed by atoms with van der Waals surface area (Å²) in [7, 11) is 1.42. The van der Waals surface area contributed by atoms with E-state index in [1.165, 1.54) is 7.11 Å². The Morgan fingerprint density at radius 3 is 2.52 bits per heavy atom. The van der Waals surface area contributed by atoms with Crippen molar-refractivity contribution in [1.82, 2.24) is 5.32 Å². The minimum Gasteiger partial charge on any atom is -0.509 e. The van der Waals surface area contributed by atoms with E-state index in [4.69, 9.17) is 16.2 Å². The third-order valence-electron chi connectivity index (χ3n) is 3.12. The maximum Gasteiger partial charge on any atom is 0.252 e. The van der Waals surface area contributed by atoms with Crippen LogP contribution in [0.5, 0.6) is 0 Å². The van der Waals surface area contributed by atoms with Crippen molar-refractivity contribution in [1.29, 1.82) is 0 Å². The molecule has 0 saturated carbocycles. The van der Waals surface area contributed by atoms with Crippen LogP contribution in [0.15, 0.2) is 23.5 Å². The van der Waals surface area contributed by atoms with E-state index in [0.29, 0.717) is 0 Å². The summed E-state index contributed by atoms with van der Waals surface area (Å²) in [6.07, 6.45) is -0.0856. The van der Waals surface area contributed by atoms with Crippen LogP contribution in [0, 0.1) is 5.41 Å². The van der Waals surface area contributed by atoms with Crippen molar-refractivity contribution in [2.75, 3.05) is 20.3 Å². The molecule has 7 N–H and O–H groups in total. The van der Waals surface area contributed by atoms with Crippen molar-refractivity contribution in [3.63, 3.8) is 0 Å². The van der Waals surface area contributed by atoms with Crippen LogP contribution in [0.3, 0.4) is 0 Å². The summed E-state index contributed by atoms with van der Waals surface area (Å²) in [4.78, 5) is 34.9. The molecule has 116 valence electrons. The quantitative estimate of drug-likeness (QED) is 0.267. The highest BCUT2D eigenvalue weighted by atomic mass is 16.5. The number of primary amides is 2. The molecule has 0 spiro atoms. The first-order valence-electron chi connectivity index (χ1n) is 5.96. The normalized spacial score (nSPS) is 24.8. The Morgan fingerprint density at radius 1 is 1.43 bits per heavy atom. The Kier molecular flexibility index (Phi) is 5.06. The van der Waals surface area contributed by atoms with Crippen molar-refractivity contribution in [3.05, 3.63) is 23.5 Å². The molecule has 0 radical (unpaired) electrons. The fraction of sp³-hybridized carbons (Fsp3) is 0.417. The average molecular weight is 299 g/mol. The molecule has 9 nitrogen and oxygen atoms in total. The Hall–Kier alpha value is -2.39. The number of hydrogen-bond acceptors (Lipinski definition) is 6. The van der Waals surface area contributed by atoms with Gasteiger partial charge in [0.1, 0.15) is 11.9 Å². The number of hydrogen-bond donors (Lipinski definition) is 5. The first-order valence-corrected chi connectivity index (χ1v) is 5.96. The highest BCUT2D eigenvalue weighted by Gasteiger charge is 2.53. The summed E-state index contributed by atoms with van der Waals surface area (Å²) in [6, 6.07) is 0. The highest BCUT2D eigenvalue weighted by molar-refractivity contribution is 6.09. The van der Waals surface area contributed by atoms with E-state index < -0.39 is 40.6 Å². The number of rotatable bonds is 6. The molecule has 3 amide bonds. The van der Waals surface area contributed by atoms with Crippen molar-refractivity contribution >= 4 is 17.7 Å². The van der Waals surface area contributed by atoms with Gasteiger partial charge in [0.05, 0.1) is 12.2 Å². The molecule has 9 heteroatoms. The second kappa shape index (κ2) is 6.37. The number of nitrogens with two attached hydrogens (primary N) is 2. The largest absolute Gasteiger partial charge is 0.509 e. The lowest BCUT2D eigenvalue weighted by Crippen LogP contribution is -2.57. The molecule has 1 aliphatic carbocycles. The number of methoxy groups -OCH3 is 1. The van der Waals surface area contributed by atoms with Crippen LogP contribution in [-0.2, 0) is 19.1 Å². The van der Waals surface area contributed by atoms with Gasteiger partial charge in [0.2, 0.25) is 11.8 Å². The Morgan fingerprint density at radius 2 is 2.05 bits per heavy atom. The number of ether oxygens (including phenoxy) is 1. The molecule has 0 aromatic heterocycles. The van der Waals surface area contributed by atoms with Gasteiger partial charge in [0.25, 0.3) is 5.91 Å². The van der Waals surface area contributed by atoms with Gasteiger partial charge in [-0.3, -0.25) is 14.4 Å². The lowest BCUT2D eigenvalue weighted by molar-refractivity contribution is -0.145. The molecule has 0 aromatic rings. The second-order valence-electron chi connectivity index (χ2n) is 4.38. The van der Waals surface area contributed by atoms with Gasteiger partial charge in [-0.15, -0.1) is 0 Å². The number of carbonyl (C=O) groups is 3. The molecule has 0 saturated heterocycles. The molecule has 0 bridgehead atoms. The van der Waals surface area contributed by atoms with Gasteiger partial charge in [0, 0.05) is 13.7 Å². The fourth-order valence-electron chi connectivity index (χ4n) is 1.90. The molecule has 1 aliphatic rings. The molecule has 0 aromatic carbocycles. The number of aliphatic hydroxyl groups excluding tert-OH is 2. The Labute approximate surface area is 120 Å². The summed E-state index contributed by atoms with van der Waals surface area (Å²) in [6.45, 7) is 0.243. The lowest BCUT2D eigenvalue weighted by atomic mass is 9.74. The summed E-state index contributed by atoms with van der Waals surface area (Å²) in [5, 5.41) is 22.2. The van der Waals surface area contributed by atoms with Gasteiger partial charge in [-0.2, -0.15) is 0 Å². The number of carbonyl (C=O) groups excluding carboxylic acids is 3. The first kappa shape index (κ1) is 16.7. The van der Waals surface area contributed by atoms with Crippen molar-refractivity contribution < 1.29 is 29.3 Å². The van der Waals surface area contributed by atoms with Crippen molar-refractivity contribution in [2.45, 2.75) is 6.10 Å². The van der Waals surface area contributed by atoms with E-state index >= 15 is 0 Å². The maximum atomic E-state index is 12.1. The van der Waals surface area contributed by atoms with E-state index in [1.807, 2.05) is 0 Å². The molecule has 0 heterocycles. The maximum absolute atomic E-state index is 12.1. The average Bonchev–Trinajstić information content (AvgIpc) is 2.41. The zero-order chi connectivity index (χ0) is 16.2.